The van der Waals surface area contributed by atoms with E-state index in [0.29, 0.717) is 19.3 Å². The average Bonchev–Trinajstić information content (AvgIpc) is 3.40. The Morgan fingerprint density at radius 1 is 0.293 bits per heavy atom. The first-order valence-electron chi connectivity index (χ1n) is 31.1. The maximum atomic E-state index is 13.6. The van der Waals surface area contributed by atoms with Crippen LogP contribution in [0.5, 0.6) is 0 Å². The van der Waals surface area contributed by atoms with Crippen molar-refractivity contribution in [3.05, 3.63) is 67.9 Å². The number of aromatic nitrogens is 3. The van der Waals surface area contributed by atoms with Gasteiger partial charge in [-0.15, -0.1) is 0 Å². The number of hydrogen-bond donors (Lipinski definition) is 0. The molecule has 0 aliphatic carbocycles. The lowest BCUT2D eigenvalue weighted by Gasteiger charge is -2.14. The summed E-state index contributed by atoms with van der Waals surface area (Å²) in [6.07, 6.45) is 59.6. The molecule has 0 aliphatic heterocycles. The van der Waals surface area contributed by atoms with Crippen LogP contribution in [0.3, 0.4) is 0 Å². The van der Waals surface area contributed by atoms with Crippen LogP contribution in [0.2, 0.25) is 0 Å². The normalized spacial score (nSPS) is 11.7. The molecule has 0 saturated heterocycles. The summed E-state index contributed by atoms with van der Waals surface area (Å²) in [7, 11) is 0. The lowest BCUT2D eigenvalue weighted by molar-refractivity contribution is -0.144. The molecule has 1 aromatic rings. The van der Waals surface area contributed by atoms with E-state index in [2.05, 4.69) is 57.2 Å². The topological polar surface area (TPSA) is 145 Å². The molecule has 432 valence electrons. The Morgan fingerprint density at radius 3 is 0.693 bits per heavy atom. The molecule has 0 unspecified atom stereocenters. The van der Waals surface area contributed by atoms with Crippen LogP contribution in [0, 0.1) is 0 Å². The third-order valence-electron chi connectivity index (χ3n) is 14.0. The van der Waals surface area contributed by atoms with Gasteiger partial charge in [0.2, 0.25) is 0 Å². The summed E-state index contributed by atoms with van der Waals surface area (Å²) in [4.78, 5) is 78.7. The molecule has 0 aliphatic rings. The largest absolute Gasteiger partial charge is 0.464 e. The summed E-state index contributed by atoms with van der Waals surface area (Å²) in [5.41, 5.74) is -2.66. The highest BCUT2D eigenvalue weighted by molar-refractivity contribution is 5.69. The number of nitrogens with zero attached hydrogens (tertiary/aromatic N) is 3. The van der Waals surface area contributed by atoms with Gasteiger partial charge in [-0.3, -0.25) is 14.4 Å². The second kappa shape index (κ2) is 52.1. The summed E-state index contributed by atoms with van der Waals surface area (Å²) in [6, 6.07) is 0. The monoisotopic (exact) mass is 1050 g/mol. The van der Waals surface area contributed by atoms with Crippen LogP contribution in [0.15, 0.2) is 50.8 Å². The molecule has 75 heavy (non-hydrogen) atoms. The first kappa shape index (κ1) is 69.1. The van der Waals surface area contributed by atoms with Crippen molar-refractivity contribution in [2.24, 2.45) is 0 Å². The van der Waals surface area contributed by atoms with Crippen LogP contribution >= 0.6 is 0 Å². The van der Waals surface area contributed by atoms with E-state index in [4.69, 9.17) is 14.2 Å². The van der Waals surface area contributed by atoms with Gasteiger partial charge >= 0.3 is 35.0 Å². The predicted octanol–water partition coefficient (Wildman–Crippen LogP) is 15.9. The fraction of sp³-hybridized carbons (Fsp3) is 0.810. The highest BCUT2D eigenvalue weighted by Gasteiger charge is 2.17. The van der Waals surface area contributed by atoms with Gasteiger partial charge in [-0.25, -0.2) is 28.1 Å². The van der Waals surface area contributed by atoms with E-state index in [1.54, 1.807) is 0 Å². The Morgan fingerprint density at radius 2 is 0.480 bits per heavy atom. The van der Waals surface area contributed by atoms with Gasteiger partial charge in [0.25, 0.3) is 0 Å². The SMILES string of the molecule is CCCCCCCCC/C=C/CCCCCCC(=O)OCCn1c(=O)n(CCOC(=O)CCCCCC/C=C/CCCCCCCCC)c(=O)n(CCOC(=O)CCCCCC/C=C/CCCCCCCCC)c1=O. The van der Waals surface area contributed by atoms with Crippen molar-refractivity contribution in [2.45, 2.75) is 310 Å². The van der Waals surface area contributed by atoms with E-state index in [1.807, 2.05) is 0 Å². The maximum absolute atomic E-state index is 13.6. The quantitative estimate of drug-likeness (QED) is 0.0269. The summed E-state index contributed by atoms with van der Waals surface area (Å²) in [5, 5.41) is 0. The highest BCUT2D eigenvalue weighted by Crippen LogP contribution is 2.14. The van der Waals surface area contributed by atoms with E-state index in [1.165, 1.54) is 135 Å². The Hall–Kier alpha value is -3.96. The number of esters is 3. The number of carbonyl (C=O) groups excluding carboxylic acids is 3. The van der Waals surface area contributed by atoms with E-state index < -0.39 is 35.0 Å². The Bertz CT molecular complexity index is 1570. The molecular formula is C63H111N3O9. The second-order valence-electron chi connectivity index (χ2n) is 21.0. The molecule has 1 aromatic heterocycles. The van der Waals surface area contributed by atoms with Crippen molar-refractivity contribution in [3.8, 4) is 0 Å². The molecule has 0 spiro atoms. The molecule has 0 radical (unpaired) electrons. The van der Waals surface area contributed by atoms with Crippen molar-refractivity contribution >= 4 is 17.9 Å². The first-order valence-corrected chi connectivity index (χ1v) is 31.1. The number of carbonyl (C=O) groups is 3. The lowest BCUT2D eigenvalue weighted by Crippen LogP contribution is -2.55. The van der Waals surface area contributed by atoms with Crippen molar-refractivity contribution in [1.29, 1.82) is 0 Å². The van der Waals surface area contributed by atoms with Crippen molar-refractivity contribution in [3.63, 3.8) is 0 Å². The molecule has 0 fully saturated rings. The standard InChI is InChI=1S/C63H111N3O9/c1-4-7-10-13-16-19-22-25-28-31-34-37-40-43-46-49-58(67)73-55-52-64-61(70)65(53-56-74-59(68)50-47-44-41-38-35-32-29-26-23-20-17-14-11-8-5-2)63(72)66(62(64)71)54-57-75-60(69)51-48-45-42-39-36-33-30-27-24-21-18-15-12-9-6-3/h28-33H,4-27,34-57H2,1-3H3/b31-28+,32-29+,33-30+. The first-order chi connectivity index (χ1) is 36.8. The zero-order valence-corrected chi connectivity index (χ0v) is 48.4. The molecule has 12 heteroatoms. The van der Waals surface area contributed by atoms with Crippen LogP contribution in [0.4, 0.5) is 0 Å². The fourth-order valence-electron chi connectivity index (χ4n) is 9.25. The fourth-order valence-corrected chi connectivity index (χ4v) is 9.25. The summed E-state index contributed by atoms with van der Waals surface area (Å²) in [5.74, 6) is -1.24. The Labute approximate surface area is 456 Å². The Balaban J connectivity index is 2.62. The van der Waals surface area contributed by atoms with E-state index in [0.717, 1.165) is 110 Å². The second-order valence-corrected chi connectivity index (χ2v) is 21.0. The number of unbranched alkanes of at least 4 members (excludes halogenated alkanes) is 33. The average molecular weight is 1050 g/mol. The zero-order valence-electron chi connectivity index (χ0n) is 48.4. The van der Waals surface area contributed by atoms with Gasteiger partial charge in [0.15, 0.2) is 0 Å². The summed E-state index contributed by atoms with van der Waals surface area (Å²) in [6.45, 7) is 5.25. The van der Waals surface area contributed by atoms with Crippen molar-refractivity contribution in [1.82, 2.24) is 13.7 Å². The number of rotatable bonds is 54. The smallest absolute Gasteiger partial charge is 0.336 e. The van der Waals surface area contributed by atoms with Crippen LogP contribution < -0.4 is 17.1 Å². The minimum absolute atomic E-state index is 0.231. The minimum Gasteiger partial charge on any atom is -0.464 e. The van der Waals surface area contributed by atoms with Crippen LogP contribution in [-0.4, -0.2) is 51.4 Å². The van der Waals surface area contributed by atoms with E-state index in [-0.39, 0.29) is 58.7 Å². The molecule has 0 amide bonds. The van der Waals surface area contributed by atoms with Crippen molar-refractivity contribution in [2.75, 3.05) is 19.8 Å². The number of ether oxygens (including phenoxy) is 3. The number of hydrogen-bond acceptors (Lipinski definition) is 9. The summed E-state index contributed by atoms with van der Waals surface area (Å²) >= 11 is 0. The van der Waals surface area contributed by atoms with Gasteiger partial charge in [-0.2, -0.15) is 0 Å². The lowest BCUT2D eigenvalue weighted by atomic mass is 10.1. The molecule has 1 heterocycles. The van der Waals surface area contributed by atoms with Crippen LogP contribution in [0.25, 0.3) is 0 Å². The third kappa shape index (κ3) is 40.9. The van der Waals surface area contributed by atoms with Gasteiger partial charge in [-0.05, 0) is 96.3 Å². The van der Waals surface area contributed by atoms with Crippen molar-refractivity contribution < 1.29 is 28.6 Å². The van der Waals surface area contributed by atoms with Crippen LogP contribution in [0.1, 0.15) is 290 Å². The molecule has 0 aromatic carbocycles. The molecule has 1 rings (SSSR count). The third-order valence-corrected chi connectivity index (χ3v) is 14.0. The molecule has 12 nitrogen and oxygen atoms in total. The zero-order chi connectivity index (χ0) is 54.5. The number of allylic oxidation sites excluding steroid dienone is 6. The van der Waals surface area contributed by atoms with Gasteiger partial charge in [0.1, 0.15) is 19.8 Å². The predicted molar refractivity (Wildman–Crippen MR) is 310 cm³/mol. The van der Waals surface area contributed by atoms with Gasteiger partial charge < -0.3 is 14.2 Å². The maximum Gasteiger partial charge on any atom is 0.336 e. The van der Waals surface area contributed by atoms with E-state index >= 15 is 0 Å². The van der Waals surface area contributed by atoms with Gasteiger partial charge in [0, 0.05) is 19.3 Å². The molecule has 0 atom stereocenters. The highest BCUT2D eigenvalue weighted by atomic mass is 16.5. The minimum atomic E-state index is -0.887. The molecule has 0 bridgehead atoms. The van der Waals surface area contributed by atoms with Crippen LogP contribution in [-0.2, 0) is 48.2 Å². The molecular weight excluding hydrogens is 943 g/mol. The molecule has 0 saturated carbocycles. The van der Waals surface area contributed by atoms with E-state index in [9.17, 15) is 28.8 Å². The molecule has 0 N–H and O–H groups in total. The summed E-state index contributed by atoms with van der Waals surface area (Å²) < 4.78 is 18.9. The Kier molecular flexibility index (Phi) is 48.0. The van der Waals surface area contributed by atoms with Gasteiger partial charge in [-0.1, -0.05) is 211 Å². The van der Waals surface area contributed by atoms with Gasteiger partial charge in [0.05, 0.1) is 19.6 Å².